The molecule has 3 nitrogen and oxygen atoms in total. The maximum Gasteiger partial charge on any atom is 0.268 e. The van der Waals surface area contributed by atoms with Crippen LogP contribution >= 0.6 is 15.9 Å². The van der Waals surface area contributed by atoms with E-state index in [1.807, 2.05) is 0 Å². The average molecular weight is 325 g/mol. The molecule has 1 aromatic carbocycles. The summed E-state index contributed by atoms with van der Waals surface area (Å²) in [5.41, 5.74) is 0.200. The number of hydrogen-bond donors (Lipinski definition) is 0. The number of amides is 1. The van der Waals surface area contributed by atoms with Crippen LogP contribution in [0.15, 0.2) is 45.4 Å². The van der Waals surface area contributed by atoms with Gasteiger partial charge in [0.25, 0.3) is 12.3 Å². The fourth-order valence-electron chi connectivity index (χ4n) is 1.69. The van der Waals surface area contributed by atoms with Gasteiger partial charge < -0.3 is 0 Å². The smallest absolute Gasteiger partial charge is 0.268 e. The number of carbonyl (C=O) groups excluding carboxylic acids is 1. The molecule has 0 aliphatic carbocycles. The standard InChI is InChI=1S/C13H7BrF2N2O/c14-8-3-1-7(2-4-8)11-5-9(12(15)16)10(6-17)13(19)18-11/h1-5,10,12H/t10-/m1/s1. The molecule has 0 unspecified atom stereocenters. The molecule has 0 aromatic heterocycles. The molecule has 2 rings (SSSR count). The number of hydrogen-bond acceptors (Lipinski definition) is 2. The lowest BCUT2D eigenvalue weighted by atomic mass is 9.94. The summed E-state index contributed by atoms with van der Waals surface area (Å²) in [4.78, 5) is 15.3. The number of halogens is 3. The third-order valence-electron chi connectivity index (χ3n) is 2.64. The summed E-state index contributed by atoms with van der Waals surface area (Å²) < 4.78 is 26.5. The molecule has 0 N–H and O–H groups in total. The van der Waals surface area contributed by atoms with Gasteiger partial charge in [0.05, 0.1) is 11.8 Å². The van der Waals surface area contributed by atoms with E-state index in [0.717, 1.165) is 10.5 Å². The lowest BCUT2D eigenvalue weighted by Gasteiger charge is -2.16. The van der Waals surface area contributed by atoms with Gasteiger partial charge in [0.1, 0.15) is 0 Å². The normalized spacial score (nSPS) is 18.9. The Morgan fingerprint density at radius 1 is 1.32 bits per heavy atom. The van der Waals surface area contributed by atoms with Gasteiger partial charge in [-0.2, -0.15) is 5.26 Å². The monoisotopic (exact) mass is 324 g/mol. The van der Waals surface area contributed by atoms with Gasteiger partial charge in [-0.3, -0.25) is 4.79 Å². The molecule has 0 bridgehead atoms. The average Bonchev–Trinajstić information content (AvgIpc) is 2.38. The van der Waals surface area contributed by atoms with Crippen molar-refractivity contribution in [3.8, 4) is 6.07 Å². The number of carbonyl (C=O) groups is 1. The van der Waals surface area contributed by atoms with Crippen LogP contribution in [0, 0.1) is 17.2 Å². The topological polar surface area (TPSA) is 53.2 Å². The second kappa shape index (κ2) is 5.41. The maximum absolute atomic E-state index is 12.8. The Morgan fingerprint density at radius 3 is 2.47 bits per heavy atom. The molecular weight excluding hydrogens is 318 g/mol. The van der Waals surface area contributed by atoms with Gasteiger partial charge in [-0.25, -0.2) is 13.8 Å². The van der Waals surface area contributed by atoms with E-state index in [1.165, 1.54) is 0 Å². The lowest BCUT2D eigenvalue weighted by Crippen LogP contribution is -2.24. The first-order chi connectivity index (χ1) is 9.02. The van der Waals surface area contributed by atoms with Crippen molar-refractivity contribution in [3.05, 3.63) is 46.0 Å². The molecule has 0 saturated heterocycles. The Balaban J connectivity index is 2.45. The largest absolute Gasteiger partial charge is 0.271 e. The van der Waals surface area contributed by atoms with Crippen molar-refractivity contribution in [2.24, 2.45) is 10.9 Å². The highest BCUT2D eigenvalue weighted by Crippen LogP contribution is 2.25. The molecule has 1 atom stereocenters. The summed E-state index contributed by atoms with van der Waals surface area (Å²) in [6.07, 6.45) is -1.74. The highest BCUT2D eigenvalue weighted by Gasteiger charge is 2.32. The van der Waals surface area contributed by atoms with E-state index in [1.54, 1.807) is 30.3 Å². The zero-order valence-electron chi connectivity index (χ0n) is 9.48. The molecule has 0 fully saturated rings. The minimum Gasteiger partial charge on any atom is -0.271 e. The fourth-order valence-corrected chi connectivity index (χ4v) is 1.95. The van der Waals surface area contributed by atoms with Crippen LogP contribution in [0.4, 0.5) is 8.78 Å². The summed E-state index contributed by atoms with van der Waals surface area (Å²) in [6, 6.07) is 8.30. The molecule has 1 aliphatic heterocycles. The second-order valence-electron chi connectivity index (χ2n) is 3.85. The van der Waals surface area contributed by atoms with Gasteiger partial charge in [0.2, 0.25) is 0 Å². The van der Waals surface area contributed by atoms with Gasteiger partial charge in [0, 0.05) is 15.6 Å². The molecule has 0 spiro atoms. The van der Waals surface area contributed by atoms with E-state index in [-0.39, 0.29) is 5.71 Å². The molecular formula is C13H7BrF2N2O. The summed E-state index contributed by atoms with van der Waals surface area (Å²) in [5, 5.41) is 8.75. The second-order valence-corrected chi connectivity index (χ2v) is 4.76. The SMILES string of the molecule is N#C[C@H]1C(=O)N=C(c2ccc(Br)cc2)C=C1C(F)F. The first-order valence-electron chi connectivity index (χ1n) is 5.30. The van der Waals surface area contributed by atoms with Crippen molar-refractivity contribution in [2.45, 2.75) is 6.43 Å². The Hall–Kier alpha value is -1.87. The van der Waals surface area contributed by atoms with Crippen molar-refractivity contribution in [1.29, 1.82) is 5.26 Å². The number of rotatable bonds is 2. The van der Waals surface area contributed by atoms with Gasteiger partial charge in [-0.1, -0.05) is 28.1 Å². The van der Waals surface area contributed by atoms with Crippen molar-refractivity contribution >= 4 is 27.5 Å². The van der Waals surface area contributed by atoms with Crippen LogP contribution in [-0.2, 0) is 4.79 Å². The molecule has 6 heteroatoms. The number of nitriles is 1. The van der Waals surface area contributed by atoms with Crippen LogP contribution in [0.1, 0.15) is 5.56 Å². The van der Waals surface area contributed by atoms with Crippen LogP contribution in [-0.4, -0.2) is 18.0 Å². The van der Waals surface area contributed by atoms with Gasteiger partial charge in [0.15, 0.2) is 5.92 Å². The molecule has 0 radical (unpaired) electrons. The maximum atomic E-state index is 12.8. The summed E-state index contributed by atoms with van der Waals surface area (Å²) >= 11 is 3.25. The van der Waals surface area contributed by atoms with E-state index in [9.17, 15) is 13.6 Å². The zero-order valence-corrected chi connectivity index (χ0v) is 11.1. The van der Waals surface area contributed by atoms with Crippen LogP contribution in [0.2, 0.25) is 0 Å². The number of allylic oxidation sites excluding steroid dienone is 1. The molecule has 1 amide bonds. The Bertz CT molecular complexity index is 615. The molecule has 1 aliphatic rings. The quantitative estimate of drug-likeness (QED) is 0.839. The first kappa shape index (κ1) is 13.6. The molecule has 19 heavy (non-hydrogen) atoms. The van der Waals surface area contributed by atoms with E-state index < -0.39 is 23.8 Å². The van der Waals surface area contributed by atoms with Gasteiger partial charge in [-0.15, -0.1) is 0 Å². The molecule has 1 heterocycles. The van der Waals surface area contributed by atoms with E-state index >= 15 is 0 Å². The van der Waals surface area contributed by atoms with Crippen LogP contribution in [0.5, 0.6) is 0 Å². The van der Waals surface area contributed by atoms with Crippen molar-refractivity contribution < 1.29 is 13.6 Å². The third kappa shape index (κ3) is 2.76. The third-order valence-corrected chi connectivity index (χ3v) is 3.16. The molecule has 96 valence electrons. The summed E-state index contributed by atoms with van der Waals surface area (Å²) in [5.74, 6) is -2.34. The Kier molecular flexibility index (Phi) is 3.86. The minimum atomic E-state index is -2.85. The number of dihydropyridines is 1. The van der Waals surface area contributed by atoms with Crippen LogP contribution < -0.4 is 0 Å². The van der Waals surface area contributed by atoms with Crippen molar-refractivity contribution in [3.63, 3.8) is 0 Å². The Labute approximate surface area is 116 Å². The zero-order chi connectivity index (χ0) is 14.0. The summed E-state index contributed by atoms with van der Waals surface area (Å²) in [6.45, 7) is 0. The number of alkyl halides is 2. The molecule has 0 saturated carbocycles. The predicted molar refractivity (Wildman–Crippen MR) is 68.9 cm³/mol. The number of benzene rings is 1. The van der Waals surface area contributed by atoms with Crippen molar-refractivity contribution in [1.82, 2.24) is 0 Å². The predicted octanol–water partition coefficient (Wildman–Crippen LogP) is 3.11. The number of aliphatic imine (C=N–C) groups is 1. The summed E-state index contributed by atoms with van der Waals surface area (Å²) in [7, 11) is 0. The van der Waals surface area contributed by atoms with E-state index in [2.05, 4.69) is 20.9 Å². The highest BCUT2D eigenvalue weighted by molar-refractivity contribution is 9.10. The number of nitrogens with zero attached hydrogens (tertiary/aromatic N) is 2. The minimum absolute atomic E-state index is 0.152. The fraction of sp³-hybridized carbons (Fsp3) is 0.154. The Morgan fingerprint density at radius 2 is 1.95 bits per heavy atom. The van der Waals surface area contributed by atoms with Crippen LogP contribution in [0.25, 0.3) is 0 Å². The molecule has 1 aromatic rings. The van der Waals surface area contributed by atoms with Crippen LogP contribution in [0.3, 0.4) is 0 Å². The van der Waals surface area contributed by atoms with E-state index in [0.29, 0.717) is 5.56 Å². The van der Waals surface area contributed by atoms with E-state index in [4.69, 9.17) is 5.26 Å². The van der Waals surface area contributed by atoms with Gasteiger partial charge in [-0.05, 0) is 18.2 Å². The van der Waals surface area contributed by atoms with Crippen molar-refractivity contribution in [2.75, 3.05) is 0 Å². The highest BCUT2D eigenvalue weighted by atomic mass is 79.9. The van der Waals surface area contributed by atoms with Gasteiger partial charge >= 0.3 is 0 Å². The first-order valence-corrected chi connectivity index (χ1v) is 6.10. The lowest BCUT2D eigenvalue weighted by molar-refractivity contribution is -0.119.